The van der Waals surface area contributed by atoms with E-state index in [4.69, 9.17) is 5.11 Å². The zero-order valence-electron chi connectivity index (χ0n) is 14.0. The fourth-order valence-corrected chi connectivity index (χ4v) is 3.80. The molecule has 27 heavy (non-hydrogen) atoms. The smallest absolute Gasteiger partial charge is 0.328 e. The van der Waals surface area contributed by atoms with Crippen LogP contribution in [-0.2, 0) is 4.79 Å². The fraction of sp³-hybridized carbons (Fsp3) is 0. The molecule has 0 bridgehead atoms. The first-order valence-corrected chi connectivity index (χ1v) is 8.97. The molecule has 2 N–H and O–H groups in total. The molecule has 0 fully saturated rings. The quantitative estimate of drug-likeness (QED) is 0.506. The maximum absolute atomic E-state index is 10.9. The molecule has 0 aliphatic heterocycles. The van der Waals surface area contributed by atoms with Gasteiger partial charge in [-0.15, -0.1) is 16.4 Å². The van der Waals surface area contributed by atoms with Crippen LogP contribution in [0.25, 0.3) is 39.0 Å². The number of hydrogen-bond acceptors (Lipinski definition) is 5. The Hall–Kier alpha value is -3.58. The van der Waals surface area contributed by atoms with Crippen LogP contribution >= 0.6 is 11.3 Å². The first kappa shape index (κ1) is 16.9. The minimum absolute atomic E-state index is 0.503. The molecule has 4 aromatic rings. The second-order valence-electron chi connectivity index (χ2n) is 5.75. The number of aromatic nitrogens is 4. The molecular formula is C20H14N4O2S. The minimum atomic E-state index is -1.00. The van der Waals surface area contributed by atoms with E-state index in [9.17, 15) is 4.79 Å². The molecule has 2 aromatic carbocycles. The van der Waals surface area contributed by atoms with Crippen molar-refractivity contribution in [3.8, 4) is 33.0 Å². The molecule has 2 heterocycles. The van der Waals surface area contributed by atoms with Crippen LogP contribution in [0.2, 0.25) is 0 Å². The number of H-pyrrole nitrogens is 1. The summed E-state index contributed by atoms with van der Waals surface area (Å²) in [7, 11) is 0. The Morgan fingerprint density at radius 1 is 1.00 bits per heavy atom. The Bertz CT molecular complexity index is 1080. The van der Waals surface area contributed by atoms with Crippen LogP contribution in [0.4, 0.5) is 0 Å². The molecule has 0 saturated heterocycles. The van der Waals surface area contributed by atoms with Gasteiger partial charge in [0.15, 0.2) is 5.82 Å². The number of hydrogen-bond donors (Lipinski definition) is 2. The summed E-state index contributed by atoms with van der Waals surface area (Å²) < 4.78 is 0. The number of thiophene rings is 1. The summed E-state index contributed by atoms with van der Waals surface area (Å²) in [4.78, 5) is 12.7. The van der Waals surface area contributed by atoms with Crippen molar-refractivity contribution in [2.75, 3.05) is 0 Å². The topological polar surface area (TPSA) is 91.8 Å². The third kappa shape index (κ3) is 3.68. The van der Waals surface area contributed by atoms with Crippen LogP contribution in [-0.4, -0.2) is 31.7 Å². The monoisotopic (exact) mass is 374 g/mol. The van der Waals surface area contributed by atoms with Gasteiger partial charge >= 0.3 is 5.97 Å². The second-order valence-corrected chi connectivity index (χ2v) is 6.84. The standard InChI is InChI=1S/C20H14N4O2S/c25-19(26)11-10-17-16(20-21-23-24-22-20)12-18(27-17)15-8-6-14(7-9-15)13-4-2-1-3-5-13/h1-12H,(H,25,26)(H,21,22,23,24)/b11-10+. The molecule has 7 heteroatoms. The second kappa shape index (κ2) is 7.35. The lowest BCUT2D eigenvalue weighted by Gasteiger charge is -2.03. The van der Waals surface area contributed by atoms with Gasteiger partial charge in [-0.1, -0.05) is 54.6 Å². The van der Waals surface area contributed by atoms with E-state index < -0.39 is 5.97 Å². The summed E-state index contributed by atoms with van der Waals surface area (Å²) in [5.41, 5.74) is 4.11. The molecule has 2 aromatic heterocycles. The molecule has 132 valence electrons. The van der Waals surface area contributed by atoms with Crippen molar-refractivity contribution in [2.45, 2.75) is 0 Å². The Morgan fingerprint density at radius 2 is 1.70 bits per heavy atom. The van der Waals surface area contributed by atoms with E-state index in [0.29, 0.717) is 5.82 Å². The number of aliphatic carboxylic acids is 1. The van der Waals surface area contributed by atoms with Crippen molar-refractivity contribution in [1.82, 2.24) is 20.6 Å². The molecule has 4 rings (SSSR count). The maximum atomic E-state index is 10.9. The van der Waals surface area contributed by atoms with Crippen LogP contribution in [0.15, 0.2) is 66.7 Å². The van der Waals surface area contributed by atoms with Gasteiger partial charge < -0.3 is 5.11 Å². The first-order chi connectivity index (χ1) is 13.2. The number of nitrogens with zero attached hydrogens (tertiary/aromatic N) is 3. The number of aromatic amines is 1. The van der Waals surface area contributed by atoms with E-state index >= 15 is 0 Å². The van der Waals surface area contributed by atoms with Crippen LogP contribution in [0.1, 0.15) is 4.88 Å². The van der Waals surface area contributed by atoms with Gasteiger partial charge in [0.1, 0.15) is 0 Å². The number of carbonyl (C=O) groups is 1. The van der Waals surface area contributed by atoms with Gasteiger partial charge in [-0.05, 0) is 39.3 Å². The highest BCUT2D eigenvalue weighted by Gasteiger charge is 2.14. The van der Waals surface area contributed by atoms with Gasteiger partial charge in [-0.25, -0.2) is 9.89 Å². The minimum Gasteiger partial charge on any atom is -0.478 e. The van der Waals surface area contributed by atoms with Crippen molar-refractivity contribution in [2.24, 2.45) is 0 Å². The number of carboxylic acids is 1. The Balaban J connectivity index is 1.71. The summed E-state index contributed by atoms with van der Waals surface area (Å²) in [6.45, 7) is 0. The zero-order valence-corrected chi connectivity index (χ0v) is 14.9. The number of nitrogens with one attached hydrogen (secondary N) is 1. The van der Waals surface area contributed by atoms with Crippen molar-refractivity contribution in [3.63, 3.8) is 0 Å². The summed E-state index contributed by atoms with van der Waals surface area (Å²) in [6.07, 6.45) is 2.67. The third-order valence-electron chi connectivity index (χ3n) is 4.02. The number of carboxylic acid groups (broad SMARTS) is 1. The summed E-state index contributed by atoms with van der Waals surface area (Å²) in [5, 5.41) is 22.8. The maximum Gasteiger partial charge on any atom is 0.328 e. The zero-order chi connectivity index (χ0) is 18.6. The van der Waals surface area contributed by atoms with Crippen molar-refractivity contribution in [3.05, 3.63) is 71.6 Å². The average Bonchev–Trinajstić information content (AvgIpc) is 3.37. The van der Waals surface area contributed by atoms with Crippen LogP contribution in [0, 0.1) is 0 Å². The van der Waals surface area contributed by atoms with Crippen LogP contribution in [0.3, 0.4) is 0 Å². The molecule has 0 spiro atoms. The van der Waals surface area contributed by atoms with E-state index in [1.165, 1.54) is 11.3 Å². The highest BCUT2D eigenvalue weighted by Crippen LogP contribution is 2.37. The highest BCUT2D eigenvalue weighted by molar-refractivity contribution is 7.16. The van der Waals surface area contributed by atoms with Crippen molar-refractivity contribution >= 4 is 23.4 Å². The number of rotatable bonds is 5. The predicted octanol–water partition coefficient (Wildman–Crippen LogP) is 4.36. The molecule has 0 aliphatic carbocycles. The Morgan fingerprint density at radius 3 is 2.37 bits per heavy atom. The number of tetrazole rings is 1. The van der Waals surface area contributed by atoms with E-state index in [1.807, 2.05) is 24.3 Å². The van der Waals surface area contributed by atoms with Gasteiger partial charge in [0.25, 0.3) is 0 Å². The van der Waals surface area contributed by atoms with Crippen molar-refractivity contribution in [1.29, 1.82) is 0 Å². The van der Waals surface area contributed by atoms with Gasteiger partial charge in [0.05, 0.1) is 0 Å². The normalized spacial score (nSPS) is 11.1. The predicted molar refractivity (Wildman–Crippen MR) is 105 cm³/mol. The SMILES string of the molecule is O=C(O)/C=C/c1sc(-c2ccc(-c3ccccc3)cc2)cc1-c1nnn[nH]1. The van der Waals surface area contributed by atoms with Crippen LogP contribution in [0.5, 0.6) is 0 Å². The molecule has 0 radical (unpaired) electrons. The largest absolute Gasteiger partial charge is 0.478 e. The summed E-state index contributed by atoms with van der Waals surface area (Å²) in [5.74, 6) is -0.498. The third-order valence-corrected chi connectivity index (χ3v) is 5.16. The van der Waals surface area contributed by atoms with Gasteiger partial charge in [0, 0.05) is 21.4 Å². The molecule has 0 unspecified atom stereocenters. The van der Waals surface area contributed by atoms with Gasteiger partial charge in [0.2, 0.25) is 0 Å². The van der Waals surface area contributed by atoms with E-state index in [2.05, 4.69) is 57.0 Å². The lowest BCUT2D eigenvalue weighted by molar-refractivity contribution is -0.131. The average molecular weight is 374 g/mol. The first-order valence-electron chi connectivity index (χ1n) is 8.15. The Kier molecular flexibility index (Phi) is 4.59. The molecule has 0 aliphatic rings. The molecule has 0 atom stereocenters. The number of benzene rings is 2. The fourth-order valence-electron chi connectivity index (χ4n) is 2.73. The van der Waals surface area contributed by atoms with E-state index in [0.717, 1.165) is 38.1 Å². The van der Waals surface area contributed by atoms with E-state index in [-0.39, 0.29) is 0 Å². The van der Waals surface area contributed by atoms with E-state index in [1.54, 1.807) is 6.08 Å². The summed E-state index contributed by atoms with van der Waals surface area (Å²) >= 11 is 1.49. The molecule has 0 saturated carbocycles. The molecule has 6 nitrogen and oxygen atoms in total. The molecule has 0 amide bonds. The summed E-state index contributed by atoms with van der Waals surface area (Å²) in [6, 6.07) is 20.4. The van der Waals surface area contributed by atoms with Crippen molar-refractivity contribution < 1.29 is 9.90 Å². The van der Waals surface area contributed by atoms with Crippen LogP contribution < -0.4 is 0 Å². The molecular weight excluding hydrogens is 360 g/mol. The Labute approximate surface area is 158 Å². The van der Waals surface area contributed by atoms with Gasteiger partial charge in [-0.3, -0.25) is 0 Å². The lowest BCUT2D eigenvalue weighted by Crippen LogP contribution is -1.86. The van der Waals surface area contributed by atoms with Gasteiger partial charge in [-0.2, -0.15) is 0 Å². The lowest BCUT2D eigenvalue weighted by atomic mass is 10.0. The highest BCUT2D eigenvalue weighted by atomic mass is 32.1.